The fourth-order valence-corrected chi connectivity index (χ4v) is 8.10. The molecule has 45 heavy (non-hydrogen) atoms. The molecule has 2 bridgehead atoms. The predicted molar refractivity (Wildman–Crippen MR) is 158 cm³/mol. The molecule has 3 fully saturated rings. The Morgan fingerprint density at radius 3 is 2.22 bits per heavy atom. The van der Waals surface area contributed by atoms with Crippen molar-refractivity contribution in [3.63, 3.8) is 0 Å². The lowest BCUT2D eigenvalue weighted by atomic mass is 9.45. The topological polar surface area (TPSA) is 212 Å². The van der Waals surface area contributed by atoms with Crippen LogP contribution in [0.2, 0.25) is 0 Å². The normalized spacial score (nSPS) is 40.7. The molecule has 7 N–H and O–H groups in total. The van der Waals surface area contributed by atoms with E-state index in [4.69, 9.17) is 14.2 Å². The Bertz CT molecular complexity index is 1240. The van der Waals surface area contributed by atoms with Gasteiger partial charge in [-0.15, -0.1) is 0 Å². The number of Topliss-reactive ketones (excluding diaryl/α,β-unsaturated/α-hetero) is 1. The quantitative estimate of drug-likeness (QED) is 0.156. The van der Waals surface area contributed by atoms with Crippen molar-refractivity contribution in [2.45, 2.75) is 141 Å². The molecule has 3 aliphatic carbocycles. The van der Waals surface area contributed by atoms with Crippen molar-refractivity contribution in [3.8, 4) is 0 Å². The summed E-state index contributed by atoms with van der Waals surface area (Å²) in [5, 5.41) is 72.5. The number of ketones is 1. The standard InChI is InChI=1S/C32H51NO12/c1-14(2)10-16(33-27(40)45-28(4,5)6)21(35)26(39)44-17-12-32(42)25(38)23-30(9,18(34)11-19-31(23,41)13-43-19)24(37)22(36)20(15(17)3)29(32,7)8/h14,16-19,21-23,25,34-36,38,41-42H,10-13H2,1-9H3,(H,33,40)/t16-,17-,18?,19?,21?,22+,23-,25-,30?,31-,32?/m0/s1. The van der Waals surface area contributed by atoms with Gasteiger partial charge >= 0.3 is 12.1 Å². The highest BCUT2D eigenvalue weighted by Crippen LogP contribution is 2.62. The zero-order chi connectivity index (χ0) is 34.2. The van der Waals surface area contributed by atoms with Crippen molar-refractivity contribution in [1.29, 1.82) is 0 Å². The van der Waals surface area contributed by atoms with Crippen LogP contribution in [0.3, 0.4) is 0 Å². The number of ether oxygens (including phenoxy) is 3. The molecule has 1 heterocycles. The van der Waals surface area contributed by atoms with Crippen LogP contribution in [0.1, 0.15) is 81.6 Å². The van der Waals surface area contributed by atoms with Crippen molar-refractivity contribution < 1.29 is 59.2 Å². The van der Waals surface area contributed by atoms with E-state index in [2.05, 4.69) is 5.32 Å². The van der Waals surface area contributed by atoms with Gasteiger partial charge in [-0.3, -0.25) is 4.79 Å². The minimum absolute atomic E-state index is 0.00375. The Hall–Kier alpha value is -2.13. The Kier molecular flexibility index (Phi) is 9.16. The molecule has 0 aromatic heterocycles. The number of fused-ring (bicyclic) bond motifs is 5. The number of aliphatic hydroxyl groups excluding tert-OH is 4. The van der Waals surface area contributed by atoms with Crippen molar-refractivity contribution >= 4 is 17.8 Å². The lowest BCUT2D eigenvalue weighted by Gasteiger charge is -2.66. The van der Waals surface area contributed by atoms with Gasteiger partial charge in [0.1, 0.15) is 29.0 Å². The van der Waals surface area contributed by atoms with Gasteiger partial charge in [0.25, 0.3) is 0 Å². The highest BCUT2D eigenvalue weighted by atomic mass is 16.6. The van der Waals surface area contributed by atoms with Crippen LogP contribution in [-0.2, 0) is 23.8 Å². The summed E-state index contributed by atoms with van der Waals surface area (Å²) in [5.74, 6) is -3.50. The van der Waals surface area contributed by atoms with Crippen molar-refractivity contribution in [2.24, 2.45) is 22.7 Å². The Morgan fingerprint density at radius 2 is 1.71 bits per heavy atom. The molecule has 13 heteroatoms. The molecule has 0 radical (unpaired) electrons. The van der Waals surface area contributed by atoms with Crippen molar-refractivity contribution in [3.05, 3.63) is 11.1 Å². The second-order valence-electron chi connectivity index (χ2n) is 15.6. The minimum Gasteiger partial charge on any atom is -0.456 e. The van der Waals surface area contributed by atoms with Crippen molar-refractivity contribution in [1.82, 2.24) is 5.32 Å². The summed E-state index contributed by atoms with van der Waals surface area (Å²) in [6.07, 6.45) is -10.4. The summed E-state index contributed by atoms with van der Waals surface area (Å²) in [5.41, 5.74) is -7.93. The number of hydrogen-bond acceptors (Lipinski definition) is 12. The molecule has 1 aliphatic heterocycles. The monoisotopic (exact) mass is 641 g/mol. The highest BCUT2D eigenvalue weighted by Gasteiger charge is 2.75. The second kappa shape index (κ2) is 11.5. The number of hydrogen-bond donors (Lipinski definition) is 7. The first-order valence-corrected chi connectivity index (χ1v) is 15.7. The van der Waals surface area contributed by atoms with E-state index < -0.39 is 100 Å². The SMILES string of the molecule is CC1=C2[C@@H](O)C(=O)C3(C)C(O)CC4OC[C@@]4(O)[C@H]3[C@H](O)C(O)(C[C@@H]1OC(=O)C(O)[C@H](CC(C)C)NC(=O)OC(C)(C)C)C2(C)C. The molecular formula is C32H51NO12. The number of nitrogens with one attached hydrogen (secondary N) is 1. The van der Waals surface area contributed by atoms with Crippen LogP contribution >= 0.6 is 0 Å². The number of carbonyl (C=O) groups is 3. The summed E-state index contributed by atoms with van der Waals surface area (Å²) in [7, 11) is 0. The molecule has 0 spiro atoms. The van der Waals surface area contributed by atoms with Crippen LogP contribution in [-0.4, -0.2) is 115 Å². The summed E-state index contributed by atoms with van der Waals surface area (Å²) in [6, 6.07) is -1.10. The van der Waals surface area contributed by atoms with Gasteiger partial charge in [0.05, 0.1) is 36.4 Å². The first-order valence-electron chi connectivity index (χ1n) is 15.7. The fraction of sp³-hybridized carbons (Fsp3) is 0.844. The van der Waals surface area contributed by atoms with E-state index in [1.165, 1.54) is 13.8 Å². The van der Waals surface area contributed by atoms with Crippen LogP contribution in [0, 0.1) is 22.7 Å². The third-order valence-corrected chi connectivity index (χ3v) is 10.7. The number of carbonyl (C=O) groups excluding carboxylic acids is 3. The number of alkyl carbamates (subject to hydrolysis) is 1. The van der Waals surface area contributed by atoms with Crippen LogP contribution < -0.4 is 5.32 Å². The third kappa shape index (κ3) is 5.62. The van der Waals surface area contributed by atoms with Crippen LogP contribution in [0.15, 0.2) is 11.1 Å². The number of amides is 1. The fourth-order valence-electron chi connectivity index (χ4n) is 8.10. The van der Waals surface area contributed by atoms with Crippen LogP contribution in [0.5, 0.6) is 0 Å². The Balaban J connectivity index is 1.73. The maximum Gasteiger partial charge on any atom is 0.407 e. The smallest absolute Gasteiger partial charge is 0.407 e. The second-order valence-corrected chi connectivity index (χ2v) is 15.6. The van der Waals surface area contributed by atoms with Gasteiger partial charge in [-0.05, 0) is 58.1 Å². The molecule has 0 aromatic rings. The van der Waals surface area contributed by atoms with E-state index in [-0.39, 0.29) is 36.5 Å². The zero-order valence-corrected chi connectivity index (χ0v) is 27.7. The molecule has 0 aromatic carbocycles. The molecule has 1 amide bonds. The molecule has 1 saturated heterocycles. The van der Waals surface area contributed by atoms with Gasteiger partial charge in [0.2, 0.25) is 0 Å². The lowest BCUT2D eigenvalue weighted by Crippen LogP contribution is -2.80. The number of rotatable bonds is 6. The molecule has 5 unspecified atom stereocenters. The van der Waals surface area contributed by atoms with Crippen LogP contribution in [0.4, 0.5) is 4.79 Å². The molecule has 13 nitrogen and oxygen atoms in total. The van der Waals surface area contributed by atoms with Gasteiger partial charge in [-0.25, -0.2) is 9.59 Å². The van der Waals surface area contributed by atoms with E-state index in [1.54, 1.807) is 34.6 Å². The summed E-state index contributed by atoms with van der Waals surface area (Å²) < 4.78 is 16.5. The summed E-state index contributed by atoms with van der Waals surface area (Å²) in [4.78, 5) is 40.1. The van der Waals surface area contributed by atoms with E-state index in [0.29, 0.717) is 0 Å². The Labute approximate surface area is 263 Å². The molecule has 256 valence electrons. The van der Waals surface area contributed by atoms with Gasteiger partial charge in [0, 0.05) is 24.2 Å². The van der Waals surface area contributed by atoms with Crippen molar-refractivity contribution in [2.75, 3.05) is 6.61 Å². The molecule has 2 saturated carbocycles. The Morgan fingerprint density at radius 1 is 1.11 bits per heavy atom. The van der Waals surface area contributed by atoms with E-state index in [9.17, 15) is 45.0 Å². The largest absolute Gasteiger partial charge is 0.456 e. The summed E-state index contributed by atoms with van der Waals surface area (Å²) >= 11 is 0. The number of aliphatic hydroxyl groups is 6. The average Bonchev–Trinajstić information content (AvgIpc) is 2.89. The maximum absolute atomic E-state index is 14.1. The first-order chi connectivity index (χ1) is 20.4. The number of esters is 1. The first kappa shape index (κ1) is 35.7. The van der Waals surface area contributed by atoms with E-state index in [1.807, 2.05) is 13.8 Å². The maximum atomic E-state index is 14.1. The van der Waals surface area contributed by atoms with Gasteiger partial charge in [-0.2, -0.15) is 0 Å². The predicted octanol–water partition coefficient (Wildman–Crippen LogP) is 0.498. The summed E-state index contributed by atoms with van der Waals surface area (Å²) in [6.45, 7) is 14.4. The highest BCUT2D eigenvalue weighted by molar-refractivity contribution is 5.93. The molecule has 4 rings (SSSR count). The zero-order valence-electron chi connectivity index (χ0n) is 27.7. The lowest BCUT2D eigenvalue weighted by molar-refractivity contribution is -0.344. The van der Waals surface area contributed by atoms with Gasteiger partial charge < -0.3 is 50.2 Å². The van der Waals surface area contributed by atoms with Gasteiger partial charge in [-0.1, -0.05) is 27.7 Å². The third-order valence-electron chi connectivity index (χ3n) is 10.7. The molecular weight excluding hydrogens is 590 g/mol. The average molecular weight is 642 g/mol. The van der Waals surface area contributed by atoms with Gasteiger partial charge in [0.15, 0.2) is 11.9 Å². The van der Waals surface area contributed by atoms with Crippen LogP contribution in [0.25, 0.3) is 0 Å². The molecule has 4 aliphatic rings. The minimum atomic E-state index is -2.20. The molecule has 11 atom stereocenters. The van der Waals surface area contributed by atoms with E-state index >= 15 is 0 Å². The van der Waals surface area contributed by atoms with E-state index in [0.717, 1.165) is 0 Å².